The lowest BCUT2D eigenvalue weighted by Crippen LogP contribution is -2.45. The van der Waals surface area contributed by atoms with Gasteiger partial charge in [0.25, 0.3) is 0 Å². The maximum Gasteiger partial charge on any atom is 0.133 e. The van der Waals surface area contributed by atoms with Crippen LogP contribution in [0.15, 0.2) is 0 Å². The molecular weight excluding hydrogens is 244 g/mol. The Bertz CT molecular complexity index is 370. The third kappa shape index (κ3) is 2.46. The first-order valence-electron chi connectivity index (χ1n) is 8.74. The van der Waals surface area contributed by atoms with Crippen LogP contribution in [0.1, 0.15) is 80.1 Å². The minimum Gasteiger partial charge on any atom is -0.300 e. The Morgan fingerprint density at radius 2 is 1.90 bits per heavy atom. The summed E-state index contributed by atoms with van der Waals surface area (Å²) in [5.41, 5.74) is 0.758. The molecule has 5 atom stereocenters. The minimum absolute atomic E-state index is 0.296. The number of rotatable bonds is 4. The molecule has 20 heavy (non-hydrogen) atoms. The van der Waals surface area contributed by atoms with Gasteiger partial charge in [0, 0.05) is 5.92 Å². The molecule has 0 saturated heterocycles. The standard InChI is InChI=1S/C19H34O/c1-7-11-18(4,5)15-10-12-19(6)16(13(15)2)8-9-17(19)14(3)20/h13,15-17H,7-12H2,1-6H3. The molecule has 1 nitrogen and oxygen atoms in total. The van der Waals surface area contributed by atoms with Crippen LogP contribution < -0.4 is 0 Å². The first-order chi connectivity index (χ1) is 9.24. The van der Waals surface area contributed by atoms with Crippen LogP contribution in [0.25, 0.3) is 0 Å². The highest BCUT2D eigenvalue weighted by Gasteiger charge is 2.55. The molecule has 2 aliphatic rings. The molecule has 0 radical (unpaired) electrons. The quantitative estimate of drug-likeness (QED) is 0.665. The second-order valence-electron chi connectivity index (χ2n) is 8.60. The van der Waals surface area contributed by atoms with Gasteiger partial charge < -0.3 is 0 Å². The summed E-state index contributed by atoms with van der Waals surface area (Å²) in [4.78, 5) is 12.0. The lowest BCUT2D eigenvalue weighted by Gasteiger charge is -2.52. The zero-order chi connectivity index (χ0) is 15.1. The van der Waals surface area contributed by atoms with Gasteiger partial charge in [-0.05, 0) is 67.6 Å². The summed E-state index contributed by atoms with van der Waals surface area (Å²) in [5, 5.41) is 0. The predicted molar refractivity (Wildman–Crippen MR) is 85.6 cm³/mol. The molecule has 0 aromatic carbocycles. The Hall–Kier alpha value is -0.330. The normalized spacial score (nSPS) is 41.5. The average Bonchev–Trinajstić information content (AvgIpc) is 2.67. The smallest absolute Gasteiger partial charge is 0.133 e. The molecule has 0 aliphatic heterocycles. The van der Waals surface area contributed by atoms with E-state index in [9.17, 15) is 4.79 Å². The van der Waals surface area contributed by atoms with E-state index in [0.29, 0.717) is 22.5 Å². The van der Waals surface area contributed by atoms with Crippen LogP contribution in [0, 0.1) is 34.5 Å². The summed E-state index contributed by atoms with van der Waals surface area (Å²) in [6.07, 6.45) is 7.63. The van der Waals surface area contributed by atoms with Crippen LogP contribution in [-0.2, 0) is 4.79 Å². The first-order valence-corrected chi connectivity index (χ1v) is 8.74. The van der Waals surface area contributed by atoms with E-state index >= 15 is 0 Å². The fourth-order valence-electron chi connectivity index (χ4n) is 6.10. The highest BCUT2D eigenvalue weighted by Crippen LogP contribution is 2.61. The molecule has 0 spiro atoms. The number of fused-ring (bicyclic) bond motifs is 1. The number of carbonyl (C=O) groups excluding carboxylic acids is 1. The highest BCUT2D eigenvalue weighted by atomic mass is 16.1. The lowest BCUT2D eigenvalue weighted by atomic mass is 9.53. The summed E-state index contributed by atoms with van der Waals surface area (Å²) in [6, 6.07) is 0. The van der Waals surface area contributed by atoms with Gasteiger partial charge in [-0.2, -0.15) is 0 Å². The number of Topliss-reactive ketones (excluding diaryl/α,β-unsaturated/α-hetero) is 1. The van der Waals surface area contributed by atoms with Gasteiger partial charge in [-0.1, -0.05) is 41.0 Å². The van der Waals surface area contributed by atoms with Crippen molar-refractivity contribution in [1.29, 1.82) is 0 Å². The molecule has 5 unspecified atom stereocenters. The molecule has 0 N–H and O–H groups in total. The molecule has 0 amide bonds. The van der Waals surface area contributed by atoms with Crippen molar-refractivity contribution in [2.75, 3.05) is 0 Å². The van der Waals surface area contributed by atoms with Gasteiger partial charge in [0.1, 0.15) is 5.78 Å². The molecule has 116 valence electrons. The molecule has 0 heterocycles. The van der Waals surface area contributed by atoms with Crippen molar-refractivity contribution >= 4 is 5.78 Å². The Kier molecular flexibility index (Phi) is 4.38. The third-order valence-corrected chi connectivity index (χ3v) is 7.06. The lowest BCUT2D eigenvalue weighted by molar-refractivity contribution is -0.126. The van der Waals surface area contributed by atoms with Gasteiger partial charge in [-0.15, -0.1) is 0 Å². The van der Waals surface area contributed by atoms with E-state index in [1.165, 1.54) is 32.1 Å². The Morgan fingerprint density at radius 1 is 1.25 bits per heavy atom. The van der Waals surface area contributed by atoms with Crippen molar-refractivity contribution in [3.05, 3.63) is 0 Å². The summed E-state index contributed by atoms with van der Waals surface area (Å²) in [6.45, 7) is 14.0. The van der Waals surface area contributed by atoms with E-state index in [-0.39, 0.29) is 0 Å². The van der Waals surface area contributed by atoms with E-state index < -0.39 is 0 Å². The van der Waals surface area contributed by atoms with Crippen molar-refractivity contribution in [3.63, 3.8) is 0 Å². The van der Waals surface area contributed by atoms with Gasteiger partial charge in [-0.25, -0.2) is 0 Å². The van der Waals surface area contributed by atoms with Gasteiger partial charge in [0.2, 0.25) is 0 Å². The zero-order valence-electron chi connectivity index (χ0n) is 14.5. The van der Waals surface area contributed by atoms with E-state index in [1.807, 2.05) is 6.92 Å². The van der Waals surface area contributed by atoms with Crippen LogP contribution in [0.4, 0.5) is 0 Å². The van der Waals surface area contributed by atoms with Crippen molar-refractivity contribution in [3.8, 4) is 0 Å². The second-order valence-corrected chi connectivity index (χ2v) is 8.60. The molecule has 2 fully saturated rings. The third-order valence-electron chi connectivity index (χ3n) is 7.06. The van der Waals surface area contributed by atoms with Crippen LogP contribution in [0.2, 0.25) is 0 Å². The summed E-state index contributed by atoms with van der Waals surface area (Å²) < 4.78 is 0. The predicted octanol–water partition coefficient (Wildman–Crippen LogP) is 5.48. The fourth-order valence-corrected chi connectivity index (χ4v) is 6.10. The molecule has 2 rings (SSSR count). The first kappa shape index (κ1) is 16.0. The Labute approximate surface area is 125 Å². The second kappa shape index (κ2) is 5.46. The molecule has 2 saturated carbocycles. The highest BCUT2D eigenvalue weighted by molar-refractivity contribution is 5.79. The van der Waals surface area contributed by atoms with Crippen molar-refractivity contribution in [1.82, 2.24) is 0 Å². The van der Waals surface area contributed by atoms with Gasteiger partial charge in [0.15, 0.2) is 0 Å². The molecule has 0 aromatic heterocycles. The van der Waals surface area contributed by atoms with Crippen molar-refractivity contribution < 1.29 is 4.79 Å². The monoisotopic (exact) mass is 278 g/mol. The van der Waals surface area contributed by atoms with E-state index in [2.05, 4.69) is 34.6 Å². The van der Waals surface area contributed by atoms with E-state index in [0.717, 1.165) is 24.2 Å². The van der Waals surface area contributed by atoms with Crippen LogP contribution in [0.5, 0.6) is 0 Å². The number of ketones is 1. The molecule has 2 aliphatic carbocycles. The SMILES string of the molecule is CCCC(C)(C)C1CCC2(C)C(C(C)=O)CCC2C1C. The number of hydrogen-bond donors (Lipinski definition) is 0. The van der Waals surface area contributed by atoms with Crippen molar-refractivity contribution in [2.24, 2.45) is 34.5 Å². The van der Waals surface area contributed by atoms with E-state index in [1.54, 1.807) is 0 Å². The number of carbonyl (C=O) groups is 1. The number of hydrogen-bond acceptors (Lipinski definition) is 1. The minimum atomic E-state index is 0.296. The topological polar surface area (TPSA) is 17.1 Å². The largest absolute Gasteiger partial charge is 0.300 e. The molecular formula is C19H34O. The fraction of sp³-hybridized carbons (Fsp3) is 0.947. The van der Waals surface area contributed by atoms with Gasteiger partial charge in [0.05, 0.1) is 0 Å². The van der Waals surface area contributed by atoms with Crippen LogP contribution in [0.3, 0.4) is 0 Å². The summed E-state index contributed by atoms with van der Waals surface area (Å²) in [7, 11) is 0. The van der Waals surface area contributed by atoms with Crippen molar-refractivity contribution in [2.45, 2.75) is 80.1 Å². The van der Waals surface area contributed by atoms with Crippen LogP contribution >= 0.6 is 0 Å². The zero-order valence-corrected chi connectivity index (χ0v) is 14.5. The molecule has 0 bridgehead atoms. The molecule has 0 aromatic rings. The Balaban J connectivity index is 2.20. The molecule has 1 heteroatoms. The maximum atomic E-state index is 12.0. The van der Waals surface area contributed by atoms with Gasteiger partial charge in [-0.3, -0.25) is 4.79 Å². The van der Waals surface area contributed by atoms with Gasteiger partial charge >= 0.3 is 0 Å². The van der Waals surface area contributed by atoms with Crippen LogP contribution in [-0.4, -0.2) is 5.78 Å². The maximum absolute atomic E-state index is 12.0. The summed E-state index contributed by atoms with van der Waals surface area (Å²) in [5.74, 6) is 3.16. The summed E-state index contributed by atoms with van der Waals surface area (Å²) >= 11 is 0. The average molecular weight is 278 g/mol. The van der Waals surface area contributed by atoms with E-state index in [4.69, 9.17) is 0 Å². The Morgan fingerprint density at radius 3 is 2.45 bits per heavy atom.